The predicted molar refractivity (Wildman–Crippen MR) is 86.0 cm³/mol. The van der Waals surface area contributed by atoms with Crippen LogP contribution in [0.4, 0.5) is 0 Å². The second-order valence-electron chi connectivity index (χ2n) is 5.27. The van der Waals surface area contributed by atoms with Gasteiger partial charge >= 0.3 is 11.9 Å². The molecule has 0 aliphatic rings. The average Bonchev–Trinajstić information content (AvgIpc) is 2.56. The molecule has 0 fully saturated rings. The van der Waals surface area contributed by atoms with Crippen molar-refractivity contribution in [1.29, 1.82) is 0 Å². The fourth-order valence-corrected chi connectivity index (χ4v) is 2.05. The van der Waals surface area contributed by atoms with Crippen LogP contribution in [0.3, 0.4) is 0 Å². The van der Waals surface area contributed by atoms with Gasteiger partial charge in [0.2, 0.25) is 0 Å². The van der Waals surface area contributed by atoms with Crippen molar-refractivity contribution >= 4 is 11.9 Å². The Labute approximate surface area is 132 Å². The van der Waals surface area contributed by atoms with Crippen LogP contribution < -0.4 is 0 Å². The molecule has 0 saturated heterocycles. The summed E-state index contributed by atoms with van der Waals surface area (Å²) in [7, 11) is 0. The van der Waals surface area contributed by atoms with Crippen molar-refractivity contribution in [1.82, 2.24) is 0 Å². The predicted octanol–water partition coefficient (Wildman–Crippen LogP) is 4.38. The number of benzene rings is 1. The molecule has 0 N–H and O–H groups in total. The van der Waals surface area contributed by atoms with Crippen LogP contribution in [0, 0.1) is 0 Å². The van der Waals surface area contributed by atoms with Crippen molar-refractivity contribution < 1.29 is 19.1 Å². The fraction of sp³-hybridized carbons (Fsp3) is 0.556. The van der Waals surface area contributed by atoms with Crippen molar-refractivity contribution in [2.75, 3.05) is 6.61 Å². The van der Waals surface area contributed by atoms with E-state index < -0.39 is 11.9 Å². The molecule has 0 saturated carbocycles. The van der Waals surface area contributed by atoms with E-state index in [-0.39, 0.29) is 6.10 Å². The molecule has 0 aliphatic carbocycles. The third kappa shape index (κ3) is 5.88. The lowest BCUT2D eigenvalue weighted by atomic mass is 10.1. The van der Waals surface area contributed by atoms with E-state index in [1.807, 2.05) is 13.8 Å². The Morgan fingerprint density at radius 1 is 1.00 bits per heavy atom. The lowest BCUT2D eigenvalue weighted by Crippen LogP contribution is -2.17. The van der Waals surface area contributed by atoms with Gasteiger partial charge in [0.25, 0.3) is 0 Å². The molecule has 122 valence electrons. The zero-order chi connectivity index (χ0) is 16.4. The minimum Gasteiger partial charge on any atom is -0.462 e. The van der Waals surface area contributed by atoms with Gasteiger partial charge in [0.1, 0.15) is 6.10 Å². The highest BCUT2D eigenvalue weighted by Crippen LogP contribution is 2.12. The quantitative estimate of drug-likeness (QED) is 0.502. The van der Waals surface area contributed by atoms with Gasteiger partial charge < -0.3 is 9.47 Å². The summed E-state index contributed by atoms with van der Waals surface area (Å²) in [5.41, 5.74) is 0.769. The Bertz CT molecular complexity index is 478. The zero-order valence-electron chi connectivity index (χ0n) is 13.8. The van der Waals surface area contributed by atoms with Gasteiger partial charge in [-0.1, -0.05) is 39.7 Å². The van der Waals surface area contributed by atoms with Gasteiger partial charge in [0.05, 0.1) is 17.7 Å². The first-order valence-corrected chi connectivity index (χ1v) is 8.10. The molecule has 1 aromatic carbocycles. The number of carbonyl (C=O) groups excluding carboxylic acids is 2. The molecule has 0 heterocycles. The summed E-state index contributed by atoms with van der Waals surface area (Å²) in [6, 6.07) is 6.51. The Balaban J connectivity index is 2.64. The normalized spacial score (nSPS) is 10.5. The number of esters is 2. The summed E-state index contributed by atoms with van der Waals surface area (Å²) in [4.78, 5) is 24.0. The zero-order valence-corrected chi connectivity index (χ0v) is 13.8. The van der Waals surface area contributed by atoms with Crippen LogP contribution >= 0.6 is 0 Å². The van der Waals surface area contributed by atoms with E-state index in [2.05, 4.69) is 6.92 Å². The molecule has 22 heavy (non-hydrogen) atoms. The first kappa shape index (κ1) is 18.2. The summed E-state index contributed by atoms with van der Waals surface area (Å²) >= 11 is 0. The van der Waals surface area contributed by atoms with E-state index in [1.165, 1.54) is 6.07 Å². The Kier molecular flexibility index (Phi) is 8.26. The van der Waals surface area contributed by atoms with Gasteiger partial charge in [-0.05, 0) is 37.5 Å². The highest BCUT2D eigenvalue weighted by molar-refractivity contribution is 5.95. The maximum Gasteiger partial charge on any atom is 0.338 e. The van der Waals surface area contributed by atoms with Gasteiger partial charge in [-0.2, -0.15) is 0 Å². The van der Waals surface area contributed by atoms with Gasteiger partial charge in [-0.3, -0.25) is 0 Å². The molecule has 0 aliphatic heterocycles. The van der Waals surface area contributed by atoms with Crippen LogP contribution in [0.2, 0.25) is 0 Å². The van der Waals surface area contributed by atoms with E-state index in [0.29, 0.717) is 17.7 Å². The van der Waals surface area contributed by atoms with Crippen molar-refractivity contribution in [3.05, 3.63) is 35.4 Å². The van der Waals surface area contributed by atoms with Crippen LogP contribution in [0.25, 0.3) is 0 Å². The molecule has 0 unspecified atom stereocenters. The SMILES string of the molecule is CCCCCOC(=O)c1cccc(C(=O)OC(CC)CC)c1. The monoisotopic (exact) mass is 306 g/mol. The molecule has 0 spiro atoms. The smallest absolute Gasteiger partial charge is 0.338 e. The van der Waals surface area contributed by atoms with Crippen LogP contribution in [-0.4, -0.2) is 24.6 Å². The lowest BCUT2D eigenvalue weighted by Gasteiger charge is -2.14. The Morgan fingerprint density at radius 3 is 2.23 bits per heavy atom. The Hall–Kier alpha value is -1.84. The van der Waals surface area contributed by atoms with Gasteiger partial charge in [-0.15, -0.1) is 0 Å². The number of ether oxygens (including phenoxy) is 2. The Morgan fingerprint density at radius 2 is 1.64 bits per heavy atom. The molecule has 1 aromatic rings. The topological polar surface area (TPSA) is 52.6 Å². The molecule has 0 bridgehead atoms. The lowest BCUT2D eigenvalue weighted by molar-refractivity contribution is 0.0284. The molecule has 0 atom stereocenters. The largest absolute Gasteiger partial charge is 0.462 e. The van der Waals surface area contributed by atoms with E-state index in [4.69, 9.17) is 9.47 Å². The highest BCUT2D eigenvalue weighted by atomic mass is 16.5. The molecule has 4 heteroatoms. The summed E-state index contributed by atoms with van der Waals surface area (Å²) in [6.07, 6.45) is 4.45. The first-order valence-electron chi connectivity index (χ1n) is 8.10. The van der Waals surface area contributed by atoms with Crippen LogP contribution in [0.15, 0.2) is 24.3 Å². The highest BCUT2D eigenvalue weighted by Gasteiger charge is 2.15. The molecule has 0 aromatic heterocycles. The number of hydrogen-bond donors (Lipinski definition) is 0. The number of unbranched alkanes of at least 4 members (excludes halogenated alkanes) is 2. The molecule has 0 amide bonds. The molecular formula is C18H26O4. The van der Waals surface area contributed by atoms with E-state index in [9.17, 15) is 9.59 Å². The third-order valence-corrected chi connectivity index (χ3v) is 3.50. The summed E-state index contributed by atoms with van der Waals surface area (Å²) in [5, 5.41) is 0. The van der Waals surface area contributed by atoms with Crippen molar-refractivity contribution in [3.63, 3.8) is 0 Å². The van der Waals surface area contributed by atoms with Crippen LogP contribution in [0.1, 0.15) is 73.6 Å². The van der Waals surface area contributed by atoms with E-state index in [0.717, 1.165) is 32.1 Å². The van der Waals surface area contributed by atoms with E-state index >= 15 is 0 Å². The maximum absolute atomic E-state index is 12.1. The first-order chi connectivity index (χ1) is 10.6. The van der Waals surface area contributed by atoms with Crippen molar-refractivity contribution in [2.45, 2.75) is 59.0 Å². The average molecular weight is 306 g/mol. The van der Waals surface area contributed by atoms with Gasteiger partial charge in [0, 0.05) is 0 Å². The van der Waals surface area contributed by atoms with E-state index in [1.54, 1.807) is 18.2 Å². The fourth-order valence-electron chi connectivity index (χ4n) is 2.05. The second kappa shape index (κ2) is 9.98. The number of rotatable bonds is 9. The second-order valence-corrected chi connectivity index (χ2v) is 5.27. The van der Waals surface area contributed by atoms with Gasteiger partial charge in [0.15, 0.2) is 0 Å². The van der Waals surface area contributed by atoms with Crippen molar-refractivity contribution in [3.8, 4) is 0 Å². The molecular weight excluding hydrogens is 280 g/mol. The summed E-state index contributed by atoms with van der Waals surface area (Å²) < 4.78 is 10.6. The summed E-state index contributed by atoms with van der Waals surface area (Å²) in [5.74, 6) is -0.789. The van der Waals surface area contributed by atoms with Crippen molar-refractivity contribution in [2.24, 2.45) is 0 Å². The number of hydrogen-bond acceptors (Lipinski definition) is 4. The van der Waals surface area contributed by atoms with Crippen LogP contribution in [-0.2, 0) is 9.47 Å². The number of carbonyl (C=O) groups is 2. The van der Waals surface area contributed by atoms with Gasteiger partial charge in [-0.25, -0.2) is 9.59 Å². The standard InChI is InChI=1S/C18H26O4/c1-4-7-8-12-21-17(19)14-10-9-11-15(13-14)18(20)22-16(5-2)6-3/h9-11,13,16H,4-8,12H2,1-3H3. The summed E-state index contributed by atoms with van der Waals surface area (Å²) in [6.45, 7) is 6.46. The minimum absolute atomic E-state index is 0.0860. The molecule has 1 rings (SSSR count). The minimum atomic E-state index is -0.395. The third-order valence-electron chi connectivity index (χ3n) is 3.50. The maximum atomic E-state index is 12.1. The molecule has 4 nitrogen and oxygen atoms in total. The van der Waals surface area contributed by atoms with Crippen LogP contribution in [0.5, 0.6) is 0 Å². The molecule has 0 radical (unpaired) electrons.